The van der Waals surface area contributed by atoms with E-state index in [2.05, 4.69) is 10.6 Å². The van der Waals surface area contributed by atoms with Crippen molar-refractivity contribution in [1.82, 2.24) is 4.90 Å². The van der Waals surface area contributed by atoms with Crippen molar-refractivity contribution in [3.05, 3.63) is 82.8 Å². The lowest BCUT2D eigenvalue weighted by Gasteiger charge is -2.19. The Labute approximate surface area is 234 Å². The molecule has 0 saturated carbocycles. The molecule has 0 spiro atoms. The number of fused-ring (bicyclic) bond motifs is 1. The van der Waals surface area contributed by atoms with E-state index < -0.39 is 23.6 Å². The summed E-state index contributed by atoms with van der Waals surface area (Å²) >= 11 is 0.762. The Hall–Kier alpha value is -4.77. The number of amides is 4. The molecule has 204 valence electrons. The van der Waals surface area contributed by atoms with Gasteiger partial charge in [-0.05, 0) is 72.3 Å². The Balaban J connectivity index is 1.14. The third-order valence-electron chi connectivity index (χ3n) is 5.85. The van der Waals surface area contributed by atoms with Crippen LogP contribution in [0.25, 0.3) is 6.08 Å². The van der Waals surface area contributed by atoms with E-state index >= 15 is 0 Å². The van der Waals surface area contributed by atoms with Gasteiger partial charge in [0, 0.05) is 17.4 Å². The maximum atomic E-state index is 12.8. The van der Waals surface area contributed by atoms with Gasteiger partial charge in [0.25, 0.3) is 17.1 Å². The van der Waals surface area contributed by atoms with Gasteiger partial charge in [-0.15, -0.1) is 0 Å². The summed E-state index contributed by atoms with van der Waals surface area (Å²) in [6.07, 6.45) is 1.57. The molecule has 10 nitrogen and oxygen atoms in total. The predicted molar refractivity (Wildman–Crippen MR) is 150 cm³/mol. The summed E-state index contributed by atoms with van der Waals surface area (Å²) in [6, 6.07) is 19.2. The van der Waals surface area contributed by atoms with Crippen molar-refractivity contribution in [3.8, 4) is 17.2 Å². The van der Waals surface area contributed by atoms with Crippen LogP contribution in [0.4, 0.5) is 16.2 Å². The number of ether oxygens (including phenoxy) is 3. The number of benzene rings is 3. The van der Waals surface area contributed by atoms with Gasteiger partial charge >= 0.3 is 0 Å². The first-order valence-electron chi connectivity index (χ1n) is 12.4. The highest BCUT2D eigenvalue weighted by molar-refractivity contribution is 8.18. The molecular weight excluding hydrogens is 534 g/mol. The van der Waals surface area contributed by atoms with Gasteiger partial charge in [-0.1, -0.05) is 24.3 Å². The minimum Gasteiger partial charge on any atom is -0.486 e. The van der Waals surface area contributed by atoms with Gasteiger partial charge in [0.15, 0.2) is 18.1 Å². The number of hydrogen-bond donors (Lipinski definition) is 2. The highest BCUT2D eigenvalue weighted by Crippen LogP contribution is 2.34. The fraction of sp³-hybridized carbons (Fsp3) is 0.172. The first-order valence-corrected chi connectivity index (χ1v) is 13.2. The zero-order valence-electron chi connectivity index (χ0n) is 21.5. The fourth-order valence-electron chi connectivity index (χ4n) is 3.98. The van der Waals surface area contributed by atoms with Gasteiger partial charge in [-0.2, -0.15) is 0 Å². The molecule has 0 bridgehead atoms. The third kappa shape index (κ3) is 6.62. The van der Waals surface area contributed by atoms with Gasteiger partial charge in [0.05, 0.1) is 4.91 Å². The van der Waals surface area contributed by atoms with E-state index in [1.165, 1.54) is 0 Å². The number of carbonyl (C=O) groups excluding carboxylic acids is 4. The van der Waals surface area contributed by atoms with E-state index in [0.717, 1.165) is 22.2 Å². The maximum Gasteiger partial charge on any atom is 0.294 e. The van der Waals surface area contributed by atoms with Crippen molar-refractivity contribution < 1.29 is 33.4 Å². The number of anilines is 2. The zero-order valence-corrected chi connectivity index (χ0v) is 22.3. The number of thioether (sulfide) groups is 1. The number of carbonyl (C=O) groups is 4. The highest BCUT2D eigenvalue weighted by Gasteiger charge is 2.36. The molecule has 0 atom stereocenters. The van der Waals surface area contributed by atoms with E-state index in [0.29, 0.717) is 47.4 Å². The summed E-state index contributed by atoms with van der Waals surface area (Å²) in [5, 5.41) is 4.92. The lowest BCUT2D eigenvalue weighted by atomic mass is 10.2. The molecule has 4 amide bonds. The first-order chi connectivity index (χ1) is 19.3. The van der Waals surface area contributed by atoms with Gasteiger partial charge in [-0.25, -0.2) is 0 Å². The minimum absolute atomic E-state index is 0.166. The first kappa shape index (κ1) is 26.8. The molecule has 40 heavy (non-hydrogen) atoms. The second-order valence-corrected chi connectivity index (χ2v) is 9.94. The molecule has 0 aromatic heterocycles. The summed E-state index contributed by atoms with van der Waals surface area (Å²) in [5.41, 5.74) is 2.85. The van der Waals surface area contributed by atoms with E-state index in [4.69, 9.17) is 14.2 Å². The minimum atomic E-state index is -0.555. The fourth-order valence-corrected chi connectivity index (χ4v) is 4.82. The third-order valence-corrected chi connectivity index (χ3v) is 6.76. The Bertz CT molecular complexity index is 1500. The summed E-state index contributed by atoms with van der Waals surface area (Å²) in [7, 11) is 0. The lowest BCUT2D eigenvalue weighted by molar-refractivity contribution is -0.127. The average molecular weight is 560 g/mol. The van der Waals surface area contributed by atoms with Crippen LogP contribution in [0.5, 0.6) is 17.2 Å². The van der Waals surface area contributed by atoms with Crippen LogP contribution in [-0.4, -0.2) is 54.2 Å². The number of aryl methyl sites for hydroxylation is 1. The Morgan fingerprint density at radius 3 is 2.42 bits per heavy atom. The monoisotopic (exact) mass is 559 g/mol. The van der Waals surface area contributed by atoms with E-state index in [9.17, 15) is 19.2 Å². The standard InChI is InChI=1S/C29H25N3O7S/c1-18-3-2-4-20(13-18)31-27(34)17-39-22-8-5-19(6-9-22)14-25-28(35)32(29(36)40-25)16-26(33)30-21-7-10-23-24(15-21)38-12-11-37-23/h2-10,13-15H,11-12,16-17H2,1H3,(H,30,33)(H,31,34)/b25-14+. The van der Waals surface area contributed by atoms with Crippen LogP contribution in [0.1, 0.15) is 11.1 Å². The molecule has 2 heterocycles. The second kappa shape index (κ2) is 12.0. The van der Waals surface area contributed by atoms with Crippen molar-refractivity contribution in [1.29, 1.82) is 0 Å². The SMILES string of the molecule is Cc1cccc(NC(=O)COc2ccc(/C=C3/SC(=O)N(CC(=O)Nc4ccc5c(c4)OCCO5)C3=O)cc2)c1. The van der Waals surface area contributed by atoms with Crippen molar-refractivity contribution in [2.75, 3.05) is 37.0 Å². The molecule has 1 fully saturated rings. The number of imide groups is 1. The summed E-state index contributed by atoms with van der Waals surface area (Å²) < 4.78 is 16.5. The molecule has 0 radical (unpaired) electrons. The molecule has 0 unspecified atom stereocenters. The summed E-state index contributed by atoms with van der Waals surface area (Å²) in [4.78, 5) is 51.1. The highest BCUT2D eigenvalue weighted by atomic mass is 32.2. The number of nitrogens with zero attached hydrogens (tertiary/aromatic N) is 1. The van der Waals surface area contributed by atoms with Crippen LogP contribution < -0.4 is 24.8 Å². The molecule has 0 aliphatic carbocycles. The molecule has 2 N–H and O–H groups in total. The molecule has 3 aromatic rings. The van der Waals surface area contributed by atoms with E-state index in [1.807, 2.05) is 25.1 Å². The van der Waals surface area contributed by atoms with E-state index in [1.54, 1.807) is 54.6 Å². The van der Waals surface area contributed by atoms with Crippen LogP contribution in [0, 0.1) is 6.92 Å². The molecule has 5 rings (SSSR count). The van der Waals surface area contributed by atoms with Gasteiger partial charge in [0.1, 0.15) is 25.5 Å². The van der Waals surface area contributed by atoms with Crippen LogP contribution in [-0.2, 0) is 14.4 Å². The van der Waals surface area contributed by atoms with Crippen molar-refractivity contribution in [2.45, 2.75) is 6.92 Å². The molecular formula is C29H25N3O7S. The summed E-state index contributed by atoms with van der Waals surface area (Å²) in [5.74, 6) is 0.207. The molecule has 11 heteroatoms. The summed E-state index contributed by atoms with van der Waals surface area (Å²) in [6.45, 7) is 2.22. The van der Waals surface area contributed by atoms with Crippen molar-refractivity contribution in [2.24, 2.45) is 0 Å². The van der Waals surface area contributed by atoms with Crippen molar-refractivity contribution >= 4 is 52.2 Å². The Kier molecular flexibility index (Phi) is 8.02. The topological polar surface area (TPSA) is 123 Å². The van der Waals surface area contributed by atoms with Gasteiger partial charge in [0.2, 0.25) is 5.91 Å². The largest absolute Gasteiger partial charge is 0.486 e. The molecule has 3 aromatic carbocycles. The normalized spacial score (nSPS) is 15.2. The average Bonchev–Trinajstić information content (AvgIpc) is 3.19. The Morgan fingerprint density at radius 1 is 0.925 bits per heavy atom. The Morgan fingerprint density at radius 2 is 1.65 bits per heavy atom. The van der Waals surface area contributed by atoms with Gasteiger partial charge < -0.3 is 24.8 Å². The number of hydrogen-bond acceptors (Lipinski definition) is 8. The quantitative estimate of drug-likeness (QED) is 0.388. The zero-order chi connectivity index (χ0) is 28.1. The smallest absolute Gasteiger partial charge is 0.294 e. The van der Waals surface area contributed by atoms with Crippen LogP contribution in [0.15, 0.2) is 71.6 Å². The molecule has 2 aliphatic heterocycles. The van der Waals surface area contributed by atoms with Crippen LogP contribution in [0.2, 0.25) is 0 Å². The lowest BCUT2D eigenvalue weighted by Crippen LogP contribution is -2.36. The van der Waals surface area contributed by atoms with Crippen molar-refractivity contribution in [3.63, 3.8) is 0 Å². The molecule has 2 aliphatic rings. The second-order valence-electron chi connectivity index (χ2n) is 8.95. The predicted octanol–water partition coefficient (Wildman–Crippen LogP) is 4.46. The van der Waals surface area contributed by atoms with Crippen LogP contribution >= 0.6 is 11.8 Å². The molecule has 1 saturated heterocycles. The van der Waals surface area contributed by atoms with Gasteiger partial charge in [-0.3, -0.25) is 24.1 Å². The van der Waals surface area contributed by atoms with Crippen LogP contribution in [0.3, 0.4) is 0 Å². The number of nitrogens with one attached hydrogen (secondary N) is 2. The maximum absolute atomic E-state index is 12.8. The van der Waals surface area contributed by atoms with E-state index in [-0.39, 0.29) is 17.4 Å². The number of rotatable bonds is 8.